The van der Waals surface area contributed by atoms with Crippen LogP contribution < -0.4 is 27.0 Å². The van der Waals surface area contributed by atoms with Crippen molar-refractivity contribution in [3.05, 3.63) is 0 Å². The van der Waals surface area contributed by atoms with Gasteiger partial charge in [0.2, 0.25) is 5.91 Å². The molecule has 2 atom stereocenters. The lowest BCUT2D eigenvalue weighted by Crippen LogP contribution is -2.60. The third kappa shape index (κ3) is 17.5. The summed E-state index contributed by atoms with van der Waals surface area (Å²) in [5.41, 5.74) is 4.11. The van der Waals surface area contributed by atoms with Crippen molar-refractivity contribution in [1.82, 2.24) is 21.3 Å². The van der Waals surface area contributed by atoms with Gasteiger partial charge in [-0.1, -0.05) is 34.6 Å². The van der Waals surface area contributed by atoms with E-state index in [2.05, 4.69) is 21.3 Å². The summed E-state index contributed by atoms with van der Waals surface area (Å²) in [5.74, 6) is -0.948. The predicted molar refractivity (Wildman–Crippen MR) is 155 cm³/mol. The molecule has 0 radical (unpaired) electrons. The van der Waals surface area contributed by atoms with E-state index >= 15 is 0 Å². The zero-order valence-corrected chi connectivity index (χ0v) is 25.7. The maximum Gasteiger partial charge on any atom is 0.312 e. The van der Waals surface area contributed by atoms with E-state index in [9.17, 15) is 19.2 Å². The van der Waals surface area contributed by atoms with E-state index in [0.717, 1.165) is 13.1 Å². The topological polar surface area (TPSA) is 170 Å². The van der Waals surface area contributed by atoms with Gasteiger partial charge in [0.05, 0.1) is 57.3 Å². The number of hydrogen-bond donors (Lipinski definition) is 5. The van der Waals surface area contributed by atoms with Crippen LogP contribution in [0, 0.1) is 11.8 Å². The van der Waals surface area contributed by atoms with Gasteiger partial charge in [0.15, 0.2) is 11.6 Å². The number of nitrogens with two attached hydrogens (primary N) is 1. The van der Waals surface area contributed by atoms with Crippen LogP contribution in [0.15, 0.2) is 0 Å². The number of carbonyl (C=O) groups is 4. The van der Waals surface area contributed by atoms with Crippen LogP contribution in [0.4, 0.5) is 4.79 Å². The fraction of sp³-hybridized carbons (Fsp3) is 0.857. The van der Waals surface area contributed by atoms with Gasteiger partial charge in [-0.05, 0) is 39.2 Å². The van der Waals surface area contributed by atoms with E-state index in [4.69, 9.17) is 19.9 Å². The molecule has 12 nitrogen and oxygen atoms in total. The molecule has 0 saturated heterocycles. The van der Waals surface area contributed by atoms with Crippen molar-refractivity contribution in [2.45, 2.75) is 85.4 Å². The monoisotopic (exact) mass is 573 g/mol. The highest BCUT2D eigenvalue weighted by atomic mass is 16.5. The fourth-order valence-corrected chi connectivity index (χ4v) is 3.81. The first kappa shape index (κ1) is 37.9. The molecule has 0 aliphatic carbocycles. The SMILES string of the molecule is CCNCCOCCOCCOCCC(=O)C(C)(C)NC(C(=O)NC(CCCNC(N)=O)C(=O)C(C)C)C(C)C. The first-order valence-corrected chi connectivity index (χ1v) is 14.5. The highest BCUT2D eigenvalue weighted by Crippen LogP contribution is 2.14. The zero-order chi connectivity index (χ0) is 30.6. The van der Waals surface area contributed by atoms with Crippen molar-refractivity contribution >= 4 is 23.5 Å². The molecule has 0 aromatic heterocycles. The number of ether oxygens (including phenoxy) is 3. The number of amides is 3. The molecule has 0 heterocycles. The van der Waals surface area contributed by atoms with Gasteiger partial charge in [-0.2, -0.15) is 0 Å². The summed E-state index contributed by atoms with van der Waals surface area (Å²) in [6.07, 6.45) is 1.02. The Morgan fingerprint density at radius 3 is 1.95 bits per heavy atom. The molecule has 0 fully saturated rings. The number of urea groups is 1. The number of carbonyl (C=O) groups excluding carboxylic acids is 4. The van der Waals surface area contributed by atoms with Crippen LogP contribution >= 0.6 is 0 Å². The number of ketones is 2. The fourth-order valence-electron chi connectivity index (χ4n) is 3.81. The maximum absolute atomic E-state index is 13.3. The second-order valence-corrected chi connectivity index (χ2v) is 10.9. The third-order valence-electron chi connectivity index (χ3n) is 6.25. The molecule has 6 N–H and O–H groups in total. The van der Waals surface area contributed by atoms with Crippen molar-refractivity contribution < 1.29 is 33.4 Å². The van der Waals surface area contributed by atoms with Gasteiger partial charge >= 0.3 is 6.03 Å². The van der Waals surface area contributed by atoms with Gasteiger partial charge in [-0.3, -0.25) is 19.7 Å². The van der Waals surface area contributed by atoms with Crippen molar-refractivity contribution in [2.75, 3.05) is 59.3 Å². The molecule has 2 unspecified atom stereocenters. The van der Waals surface area contributed by atoms with E-state index in [1.807, 2.05) is 20.8 Å². The van der Waals surface area contributed by atoms with Gasteiger partial charge in [0.1, 0.15) is 0 Å². The Kier molecular flexibility index (Phi) is 20.5. The highest BCUT2D eigenvalue weighted by Gasteiger charge is 2.35. The van der Waals surface area contributed by atoms with Crippen LogP contribution in [0.5, 0.6) is 0 Å². The molecule has 3 amide bonds. The summed E-state index contributed by atoms with van der Waals surface area (Å²) in [6.45, 7) is 17.6. The van der Waals surface area contributed by atoms with Gasteiger partial charge in [0, 0.05) is 25.4 Å². The Morgan fingerprint density at radius 1 is 0.850 bits per heavy atom. The van der Waals surface area contributed by atoms with E-state index in [1.54, 1.807) is 27.7 Å². The predicted octanol–water partition coefficient (Wildman–Crippen LogP) is 1.16. The summed E-state index contributed by atoms with van der Waals surface area (Å²) in [6, 6.07) is -2.04. The molecule has 0 rings (SSSR count). The van der Waals surface area contributed by atoms with Crippen molar-refractivity contribution in [3.63, 3.8) is 0 Å². The molecule has 0 aromatic rings. The normalized spacial score (nSPS) is 13.3. The Morgan fingerprint density at radius 2 is 1.43 bits per heavy atom. The summed E-state index contributed by atoms with van der Waals surface area (Å²) in [4.78, 5) is 49.9. The average molecular weight is 574 g/mol. The minimum absolute atomic E-state index is 0.0895. The molecule has 0 bridgehead atoms. The minimum atomic E-state index is -0.987. The smallest absolute Gasteiger partial charge is 0.312 e. The Hall–Kier alpha value is -2.12. The second kappa shape index (κ2) is 21.6. The standard InChI is InChI=1S/C28H55N5O7/c1-8-30-13-15-39-17-19-40-18-16-38-14-11-23(34)28(6,7)33-24(20(2)3)26(36)32-22(25(35)21(4)5)10-9-12-31-27(29)37/h20-22,24,30,33H,8-19H2,1-7H3,(H,32,36)(H3,29,31,37). The van der Waals surface area contributed by atoms with Crippen LogP contribution in [-0.4, -0.2) is 100 Å². The quantitative estimate of drug-likeness (QED) is 0.101. The average Bonchev–Trinajstić information content (AvgIpc) is 2.88. The molecular weight excluding hydrogens is 518 g/mol. The van der Waals surface area contributed by atoms with Gasteiger partial charge in [-0.15, -0.1) is 0 Å². The number of Topliss-reactive ketones (excluding diaryl/α,β-unsaturated/α-hetero) is 2. The largest absolute Gasteiger partial charge is 0.379 e. The summed E-state index contributed by atoms with van der Waals surface area (Å²) in [7, 11) is 0. The highest BCUT2D eigenvalue weighted by molar-refractivity contribution is 5.93. The lowest BCUT2D eigenvalue weighted by atomic mass is 9.91. The Balaban J connectivity index is 4.68. The number of hydrogen-bond acceptors (Lipinski definition) is 9. The van der Waals surface area contributed by atoms with Crippen molar-refractivity contribution in [2.24, 2.45) is 17.6 Å². The molecule has 0 spiro atoms. The van der Waals surface area contributed by atoms with E-state index < -0.39 is 23.7 Å². The molecule has 40 heavy (non-hydrogen) atoms. The summed E-state index contributed by atoms with van der Waals surface area (Å²) >= 11 is 0. The number of primary amides is 1. The zero-order valence-electron chi connectivity index (χ0n) is 25.7. The second-order valence-electron chi connectivity index (χ2n) is 10.9. The van der Waals surface area contributed by atoms with Gasteiger partial charge in [0.25, 0.3) is 0 Å². The molecule has 0 aromatic carbocycles. The molecule has 12 heteroatoms. The van der Waals surface area contributed by atoms with Crippen LogP contribution in [0.3, 0.4) is 0 Å². The van der Waals surface area contributed by atoms with Crippen LogP contribution in [0.25, 0.3) is 0 Å². The maximum atomic E-state index is 13.3. The first-order valence-electron chi connectivity index (χ1n) is 14.5. The lowest BCUT2D eigenvalue weighted by Gasteiger charge is -2.33. The number of rotatable bonds is 25. The molecule has 234 valence electrons. The van der Waals surface area contributed by atoms with Crippen molar-refractivity contribution in [1.29, 1.82) is 0 Å². The van der Waals surface area contributed by atoms with E-state index in [1.165, 1.54) is 0 Å². The number of likely N-dealkylation sites (N-methyl/N-ethyl adjacent to an activating group) is 1. The molecular formula is C28H55N5O7. The van der Waals surface area contributed by atoms with E-state index in [0.29, 0.717) is 52.4 Å². The van der Waals surface area contributed by atoms with Crippen LogP contribution in [0.1, 0.15) is 67.7 Å². The van der Waals surface area contributed by atoms with E-state index in [-0.39, 0.29) is 42.3 Å². The Bertz CT molecular complexity index is 747. The minimum Gasteiger partial charge on any atom is -0.379 e. The first-order chi connectivity index (χ1) is 18.8. The summed E-state index contributed by atoms with van der Waals surface area (Å²) in [5, 5.41) is 11.7. The third-order valence-corrected chi connectivity index (χ3v) is 6.25. The molecule has 0 aliphatic rings. The van der Waals surface area contributed by atoms with Gasteiger partial charge < -0.3 is 35.9 Å². The van der Waals surface area contributed by atoms with Crippen molar-refractivity contribution in [3.8, 4) is 0 Å². The van der Waals surface area contributed by atoms with Gasteiger partial charge in [-0.25, -0.2) is 4.79 Å². The van der Waals surface area contributed by atoms with Crippen LogP contribution in [-0.2, 0) is 28.6 Å². The lowest BCUT2D eigenvalue weighted by molar-refractivity contribution is -0.132. The van der Waals surface area contributed by atoms with Crippen LogP contribution in [0.2, 0.25) is 0 Å². The Labute approximate surface area is 240 Å². The molecule has 0 aliphatic heterocycles. The number of nitrogens with one attached hydrogen (secondary N) is 4. The molecule has 0 saturated carbocycles. The summed E-state index contributed by atoms with van der Waals surface area (Å²) < 4.78 is 16.4.